The molecule has 0 fully saturated rings. The predicted molar refractivity (Wildman–Crippen MR) is 59.4 cm³/mol. The fourth-order valence-corrected chi connectivity index (χ4v) is 1.14. The summed E-state index contributed by atoms with van der Waals surface area (Å²) in [5.74, 6) is -0.456. The van der Waals surface area contributed by atoms with Gasteiger partial charge in [0.15, 0.2) is 12.6 Å². The van der Waals surface area contributed by atoms with Crippen LogP contribution < -0.4 is 0 Å². The van der Waals surface area contributed by atoms with E-state index in [2.05, 4.69) is 0 Å². The third-order valence-electron chi connectivity index (χ3n) is 1.93. The summed E-state index contributed by atoms with van der Waals surface area (Å²) in [6, 6.07) is 8.15. The largest absolute Gasteiger partial charge is 0.461 e. The van der Waals surface area contributed by atoms with Crippen LogP contribution in [0, 0.1) is 0 Å². The van der Waals surface area contributed by atoms with E-state index < -0.39 is 11.8 Å². The molecule has 0 aromatic heterocycles. The molecule has 0 saturated heterocycles. The minimum absolute atomic E-state index is 0.231. The molecule has 1 aromatic rings. The zero-order valence-corrected chi connectivity index (χ0v) is 9.49. The van der Waals surface area contributed by atoms with Crippen LogP contribution >= 0.6 is 0 Å². The molecule has 0 aliphatic carbocycles. The van der Waals surface area contributed by atoms with Gasteiger partial charge in [0, 0.05) is 12.7 Å². The molecule has 1 rings (SSSR count). The summed E-state index contributed by atoms with van der Waals surface area (Å²) in [4.78, 5) is 0. The van der Waals surface area contributed by atoms with Gasteiger partial charge in [0.1, 0.15) is 0 Å². The summed E-state index contributed by atoms with van der Waals surface area (Å²) in [6.45, 7) is 0.462. The quantitative estimate of drug-likeness (QED) is 0.419. The first kappa shape index (κ1) is 13.6. The average Bonchev–Trinajstić information content (AvgIpc) is 2.34. The van der Waals surface area contributed by atoms with E-state index in [1.165, 1.54) is 7.11 Å². The molecule has 0 aliphatic rings. The van der Waals surface area contributed by atoms with Crippen LogP contribution in [-0.2, 0) is 14.2 Å². The van der Waals surface area contributed by atoms with E-state index >= 15 is 0 Å². The number of hydrogen-bond donors (Lipinski definition) is 0. The van der Waals surface area contributed by atoms with Crippen molar-refractivity contribution in [3.8, 4) is 0 Å². The first-order chi connectivity index (χ1) is 8.25. The van der Waals surface area contributed by atoms with E-state index in [-0.39, 0.29) is 6.79 Å². The molecule has 1 aromatic carbocycles. The molecule has 0 spiro atoms. The van der Waals surface area contributed by atoms with Crippen LogP contribution in [0.4, 0.5) is 8.78 Å². The van der Waals surface area contributed by atoms with Crippen molar-refractivity contribution >= 4 is 5.76 Å². The number of ether oxygens (including phenoxy) is 3. The Morgan fingerprint density at radius 3 is 2.41 bits per heavy atom. The van der Waals surface area contributed by atoms with E-state index in [1.54, 1.807) is 30.3 Å². The van der Waals surface area contributed by atoms with Gasteiger partial charge in [0.2, 0.25) is 0 Å². The maximum absolute atomic E-state index is 12.6. The minimum Gasteiger partial charge on any atom is -0.461 e. The molecule has 0 aliphatic heterocycles. The van der Waals surface area contributed by atoms with Crippen molar-refractivity contribution in [3.05, 3.63) is 42.0 Å². The molecule has 17 heavy (non-hydrogen) atoms. The fraction of sp³-hybridized carbons (Fsp3) is 0.333. The van der Waals surface area contributed by atoms with Gasteiger partial charge in [0.05, 0.1) is 13.2 Å². The fourth-order valence-electron chi connectivity index (χ4n) is 1.14. The van der Waals surface area contributed by atoms with Crippen LogP contribution in [0.15, 0.2) is 36.4 Å². The number of hydrogen-bond acceptors (Lipinski definition) is 3. The minimum atomic E-state index is -1.87. The first-order valence-electron chi connectivity index (χ1n) is 5.06. The van der Waals surface area contributed by atoms with Crippen LogP contribution in [0.5, 0.6) is 0 Å². The third kappa shape index (κ3) is 4.93. The Labute approximate surface area is 98.6 Å². The highest BCUT2D eigenvalue weighted by Crippen LogP contribution is 2.21. The molecule has 0 N–H and O–H groups in total. The molecular formula is C12H14F2O3. The molecule has 0 radical (unpaired) electrons. The van der Waals surface area contributed by atoms with Crippen molar-refractivity contribution in [2.45, 2.75) is 0 Å². The third-order valence-corrected chi connectivity index (χ3v) is 1.93. The van der Waals surface area contributed by atoms with Gasteiger partial charge in [-0.1, -0.05) is 30.3 Å². The SMILES string of the molecule is COCCOCOC(=C(F)F)c1ccccc1. The number of rotatable bonds is 7. The van der Waals surface area contributed by atoms with E-state index in [9.17, 15) is 8.78 Å². The normalized spacial score (nSPS) is 10.1. The lowest BCUT2D eigenvalue weighted by atomic mass is 10.2. The van der Waals surface area contributed by atoms with E-state index in [0.717, 1.165) is 0 Å². The van der Waals surface area contributed by atoms with Crippen molar-refractivity contribution in [2.75, 3.05) is 27.1 Å². The molecular weight excluding hydrogens is 230 g/mol. The Hall–Kier alpha value is -1.46. The van der Waals surface area contributed by atoms with Gasteiger partial charge < -0.3 is 14.2 Å². The van der Waals surface area contributed by atoms with Crippen molar-refractivity contribution in [2.24, 2.45) is 0 Å². The molecule has 3 nitrogen and oxygen atoms in total. The second-order valence-electron chi connectivity index (χ2n) is 3.12. The molecule has 0 bridgehead atoms. The van der Waals surface area contributed by atoms with Crippen LogP contribution in [0.1, 0.15) is 5.56 Å². The van der Waals surface area contributed by atoms with Crippen LogP contribution in [0.25, 0.3) is 5.76 Å². The molecule has 0 heterocycles. The Morgan fingerprint density at radius 1 is 1.12 bits per heavy atom. The van der Waals surface area contributed by atoms with Gasteiger partial charge in [-0.05, 0) is 0 Å². The Kier molecular flexibility index (Phi) is 6.21. The Balaban J connectivity index is 2.50. The van der Waals surface area contributed by atoms with Gasteiger partial charge in [-0.3, -0.25) is 0 Å². The maximum atomic E-state index is 12.6. The first-order valence-corrected chi connectivity index (χ1v) is 5.06. The summed E-state index contributed by atoms with van der Waals surface area (Å²) >= 11 is 0. The highest BCUT2D eigenvalue weighted by atomic mass is 19.3. The summed E-state index contributed by atoms with van der Waals surface area (Å²) in [7, 11) is 1.53. The van der Waals surface area contributed by atoms with Crippen LogP contribution in [0.3, 0.4) is 0 Å². The van der Waals surface area contributed by atoms with Gasteiger partial charge in [-0.2, -0.15) is 8.78 Å². The van der Waals surface area contributed by atoms with Crippen LogP contribution in [0.2, 0.25) is 0 Å². The van der Waals surface area contributed by atoms with Gasteiger partial charge in [-0.25, -0.2) is 0 Å². The number of benzene rings is 1. The lowest BCUT2D eigenvalue weighted by molar-refractivity contribution is -0.0236. The van der Waals surface area contributed by atoms with Gasteiger partial charge >= 0.3 is 6.08 Å². The van der Waals surface area contributed by atoms with Crippen LogP contribution in [-0.4, -0.2) is 27.1 Å². The number of halogens is 2. The predicted octanol–water partition coefficient (Wildman–Crippen LogP) is 2.89. The lowest BCUT2D eigenvalue weighted by Gasteiger charge is -2.09. The van der Waals surface area contributed by atoms with E-state index in [1.807, 2.05) is 0 Å². The second-order valence-corrected chi connectivity index (χ2v) is 3.12. The van der Waals surface area contributed by atoms with E-state index in [4.69, 9.17) is 14.2 Å². The van der Waals surface area contributed by atoms with Crippen molar-refractivity contribution in [1.29, 1.82) is 0 Å². The monoisotopic (exact) mass is 244 g/mol. The van der Waals surface area contributed by atoms with Crippen molar-refractivity contribution in [1.82, 2.24) is 0 Å². The summed E-state index contributed by atoms with van der Waals surface area (Å²) < 4.78 is 39.9. The van der Waals surface area contributed by atoms with Gasteiger partial charge in [0.25, 0.3) is 0 Å². The maximum Gasteiger partial charge on any atom is 0.312 e. The zero-order chi connectivity index (χ0) is 12.5. The average molecular weight is 244 g/mol. The summed E-state index contributed by atoms with van der Waals surface area (Å²) in [6.07, 6.45) is -1.87. The summed E-state index contributed by atoms with van der Waals surface area (Å²) in [5, 5.41) is 0. The highest BCUT2D eigenvalue weighted by molar-refractivity contribution is 5.60. The van der Waals surface area contributed by atoms with Crippen molar-refractivity contribution in [3.63, 3.8) is 0 Å². The molecule has 0 amide bonds. The molecule has 5 heteroatoms. The molecule has 0 atom stereocenters. The van der Waals surface area contributed by atoms with Crippen molar-refractivity contribution < 1.29 is 23.0 Å². The highest BCUT2D eigenvalue weighted by Gasteiger charge is 2.10. The summed E-state index contributed by atoms with van der Waals surface area (Å²) in [5.41, 5.74) is 0.322. The molecule has 0 unspecified atom stereocenters. The lowest BCUT2D eigenvalue weighted by Crippen LogP contribution is -2.05. The Morgan fingerprint density at radius 2 is 1.82 bits per heavy atom. The Bertz CT molecular complexity index is 348. The smallest absolute Gasteiger partial charge is 0.312 e. The zero-order valence-electron chi connectivity index (χ0n) is 9.49. The van der Waals surface area contributed by atoms with E-state index in [0.29, 0.717) is 18.8 Å². The van der Waals surface area contributed by atoms with Gasteiger partial charge in [-0.15, -0.1) is 0 Å². The second kappa shape index (κ2) is 7.76. The number of methoxy groups -OCH3 is 1. The topological polar surface area (TPSA) is 27.7 Å². The molecule has 94 valence electrons. The molecule has 0 saturated carbocycles. The standard InChI is InChI=1S/C12H14F2O3/c1-15-7-8-16-9-17-11(12(13)14)10-5-3-2-4-6-10/h2-6H,7-9H2,1H3.